The van der Waals surface area contributed by atoms with E-state index in [1.807, 2.05) is 42.5 Å². The molecule has 11 aromatic rings. The maximum Gasteiger partial charge on any atom is 0.138 e. The van der Waals surface area contributed by atoms with Gasteiger partial charge in [0.05, 0.1) is 24.9 Å². The Kier molecular flexibility index (Phi) is 120. The molecule has 0 saturated heterocycles. The molecule has 10 aromatic heterocycles. The highest BCUT2D eigenvalue weighted by Gasteiger charge is 1.93. The summed E-state index contributed by atoms with van der Waals surface area (Å²) in [5.74, 6) is 8.99. The number of H-pyrrole nitrogens is 4. The van der Waals surface area contributed by atoms with E-state index >= 15 is 0 Å². The van der Waals surface area contributed by atoms with E-state index in [0.29, 0.717) is 5.92 Å². The van der Waals surface area contributed by atoms with Gasteiger partial charge in [-0.1, -0.05) is 258 Å². The van der Waals surface area contributed by atoms with Crippen LogP contribution in [0.2, 0.25) is 0 Å². The molecule has 0 radical (unpaired) electrons. The van der Waals surface area contributed by atoms with E-state index in [-0.39, 0.29) is 0 Å². The maximum atomic E-state index is 3.78. The third-order valence-corrected chi connectivity index (χ3v) is 5.75. The van der Waals surface area contributed by atoms with Gasteiger partial charge in [0.2, 0.25) is 0 Å². The van der Waals surface area contributed by atoms with Gasteiger partial charge in [-0.05, 0) is 107 Å². The minimum Gasteiger partial charge on any atom is -0.351 e. The number of benzene rings is 1. The lowest BCUT2D eigenvalue weighted by atomic mass is 10.0. The summed E-state index contributed by atoms with van der Waals surface area (Å²) in [6, 6.07) is 23.5. The van der Waals surface area contributed by atoms with Crippen LogP contribution in [0.25, 0.3) is 0 Å². The minimum absolute atomic E-state index is 0.659. The van der Waals surface area contributed by atoms with E-state index in [1.165, 1.54) is 56.1 Å². The van der Waals surface area contributed by atoms with Crippen molar-refractivity contribution in [2.45, 2.75) is 227 Å². The van der Waals surface area contributed by atoms with Gasteiger partial charge in [0.1, 0.15) is 44.3 Å². The van der Waals surface area contributed by atoms with E-state index in [1.54, 1.807) is 118 Å². The first-order chi connectivity index (χ1) is 49.6. The molecule has 23 nitrogen and oxygen atoms in total. The Morgan fingerprint density at radius 3 is 0.676 bits per heavy atom. The van der Waals surface area contributed by atoms with Crippen LogP contribution in [0.15, 0.2) is 235 Å². The highest BCUT2D eigenvalue weighted by Crippen LogP contribution is 2.11. The highest BCUT2D eigenvalue weighted by atomic mass is 15.3. The molecule has 0 aliphatic rings. The molecule has 105 heavy (non-hydrogen) atoms. The Morgan fingerprint density at radius 2 is 0.552 bits per heavy atom. The van der Waals surface area contributed by atoms with Crippen molar-refractivity contribution in [2.24, 2.45) is 59.2 Å². The van der Waals surface area contributed by atoms with Gasteiger partial charge in [-0.25, -0.2) is 39.9 Å². The largest absolute Gasteiger partial charge is 0.351 e. The van der Waals surface area contributed by atoms with Crippen LogP contribution in [0.3, 0.4) is 0 Å². The van der Waals surface area contributed by atoms with Crippen molar-refractivity contribution >= 4 is 0 Å². The fourth-order valence-electron chi connectivity index (χ4n) is 3.08. The lowest BCUT2D eigenvalue weighted by Gasteiger charge is -2.01. The number of aromatic nitrogens is 23. The lowest BCUT2D eigenvalue weighted by molar-refractivity contribution is 0.736. The summed E-state index contributed by atoms with van der Waals surface area (Å²) in [6.45, 7) is 69.4. The van der Waals surface area contributed by atoms with Gasteiger partial charge in [-0.15, -0.1) is 5.10 Å². The summed E-state index contributed by atoms with van der Waals surface area (Å²) in [6.07, 6.45) is 41.7. The fourth-order valence-corrected chi connectivity index (χ4v) is 3.08. The molecule has 1 aromatic carbocycles. The van der Waals surface area contributed by atoms with Gasteiger partial charge >= 0.3 is 0 Å². The topological polar surface area (TPSA) is 308 Å². The molecule has 0 spiro atoms. The first-order valence-electron chi connectivity index (χ1n) is 36.2. The van der Waals surface area contributed by atoms with E-state index in [2.05, 4.69) is 362 Å². The summed E-state index contributed by atoms with van der Waals surface area (Å²) >= 11 is 0. The second-order valence-corrected chi connectivity index (χ2v) is 28.0. The van der Waals surface area contributed by atoms with Gasteiger partial charge in [0.25, 0.3) is 0 Å². The van der Waals surface area contributed by atoms with Crippen molar-refractivity contribution in [3.8, 4) is 0 Å². The molecule has 0 fully saturated rings. The molecule has 0 aliphatic heterocycles. The number of nitrogens with zero attached hydrogens (tertiary/aromatic N) is 19. The molecule has 23 heteroatoms. The summed E-state index contributed by atoms with van der Waals surface area (Å²) in [4.78, 5) is 42.8. The molecular weight excluding hydrogens is 1310 g/mol. The van der Waals surface area contributed by atoms with Crippen LogP contribution in [0.1, 0.15) is 233 Å². The normalized spacial score (nSPS) is 8.56. The van der Waals surface area contributed by atoms with Crippen LogP contribution in [0.4, 0.5) is 0 Å². The summed E-state index contributed by atoms with van der Waals surface area (Å²) in [7, 11) is 0. The molecular formula is C82H149N23. The molecule has 0 unspecified atom stereocenters. The number of hydrogen-bond acceptors (Lipinski definition) is 19. The zero-order valence-corrected chi connectivity index (χ0v) is 71.3. The molecule has 592 valence electrons. The van der Waals surface area contributed by atoms with Crippen molar-refractivity contribution in [2.75, 3.05) is 0 Å². The van der Waals surface area contributed by atoms with Gasteiger partial charge in [-0.2, -0.15) is 40.9 Å². The van der Waals surface area contributed by atoms with E-state index in [9.17, 15) is 0 Å². The van der Waals surface area contributed by atoms with E-state index in [4.69, 9.17) is 0 Å². The SMILES string of the molecule is CC(C)C.CC(C)C.CC(C)C.CC(C)C.CC(C)C.CC(C)C.CC(C)C.CC(C)C.CC(C)C.CC(C)C.CC(C)c1ccccc1.c1c[nH]cn1.c1ccncc1.c1ccnnc1.c1cn[nH]c1.c1cn[nH]n1.c1cnccn1.c1cncnc1.c1cnncn1.c1nc[nH]n1.c1ncncn1. The van der Waals surface area contributed by atoms with Crippen molar-refractivity contribution in [3.63, 3.8) is 0 Å². The molecule has 0 amide bonds. The van der Waals surface area contributed by atoms with Crippen molar-refractivity contribution < 1.29 is 0 Å². The zero-order chi connectivity index (χ0) is 82.1. The molecule has 4 N–H and O–H groups in total. The molecule has 0 atom stereocenters. The Balaban J connectivity index is -0.000000113. The Bertz CT molecular complexity index is 2100. The first kappa shape index (κ1) is 116. The minimum atomic E-state index is 0.659. The summed E-state index contributed by atoms with van der Waals surface area (Å²) < 4.78 is 0. The predicted molar refractivity (Wildman–Crippen MR) is 446 cm³/mol. The Morgan fingerprint density at radius 1 is 0.210 bits per heavy atom. The van der Waals surface area contributed by atoms with Crippen LogP contribution in [-0.4, -0.2) is 116 Å². The second-order valence-electron chi connectivity index (χ2n) is 28.0. The lowest BCUT2D eigenvalue weighted by Crippen LogP contribution is -1.83. The molecule has 0 saturated carbocycles. The monoisotopic (exact) mass is 1460 g/mol. The van der Waals surface area contributed by atoms with E-state index in [0.717, 1.165) is 59.2 Å². The van der Waals surface area contributed by atoms with Crippen LogP contribution in [0.5, 0.6) is 0 Å². The quantitative estimate of drug-likeness (QED) is 0.119. The third-order valence-electron chi connectivity index (χ3n) is 5.75. The average molecular weight is 1460 g/mol. The first-order valence-corrected chi connectivity index (χ1v) is 36.2. The summed E-state index contributed by atoms with van der Waals surface area (Å²) in [5.41, 5.74) is 1.41. The van der Waals surface area contributed by atoms with Crippen LogP contribution in [0, 0.1) is 59.2 Å². The van der Waals surface area contributed by atoms with Crippen LogP contribution in [-0.2, 0) is 0 Å². The Labute approximate surface area is 640 Å². The summed E-state index contributed by atoms with van der Waals surface area (Å²) in [5, 5.41) is 35.5. The van der Waals surface area contributed by atoms with Crippen molar-refractivity contribution in [3.05, 3.63) is 241 Å². The number of aromatic amines is 4. The van der Waals surface area contributed by atoms with Gasteiger partial charge in [0, 0.05) is 93.0 Å². The smallest absolute Gasteiger partial charge is 0.138 e. The van der Waals surface area contributed by atoms with E-state index < -0.39 is 0 Å². The number of pyridine rings is 1. The molecule has 0 bridgehead atoms. The van der Waals surface area contributed by atoms with Gasteiger partial charge < -0.3 is 4.98 Å². The number of rotatable bonds is 1. The number of hydrogen-bond donors (Lipinski definition) is 4. The highest BCUT2D eigenvalue weighted by molar-refractivity contribution is 5.17. The van der Waals surface area contributed by atoms with Crippen LogP contribution < -0.4 is 0 Å². The third kappa shape index (κ3) is 236. The number of imidazole rings is 1. The number of nitrogens with one attached hydrogen (secondary N) is 4. The molecule has 10 heterocycles. The van der Waals surface area contributed by atoms with Crippen molar-refractivity contribution in [1.29, 1.82) is 0 Å². The standard InChI is InChI=1S/C9H12.C5H5N.3C4H4N2.10C4H10.2C3H3N3.2C3H4N2.2C2H3N3/c1-8(2)9-6-4-3-5-7-9;1-2-4-6-5-3-1;1-2-6-4-3-5-1;1-2-5-4-6-3-1;1-2-4-6-5-3-1;10*1-4(2)3;1-4-2-6-3-5-1;1-2-5-6-3-4-1;1-2-5-3-4-1;1-2-4-5-3-1;1-3-2-5-4-1;1-2-4-5-3-1/h3-8H,1-2H3;1-5H;3*1-4H;10*4H,1-3H3;2*1-3H;2*1-3H,(H,4,5);2*1-2H,(H,3,4,5). The molecule has 0 aliphatic carbocycles. The average Bonchev–Trinajstić information content (AvgIpc) is 1.75. The van der Waals surface area contributed by atoms with Gasteiger partial charge in [0.15, 0.2) is 0 Å². The van der Waals surface area contributed by atoms with Gasteiger partial charge in [-0.3, -0.25) is 25.1 Å². The maximum absolute atomic E-state index is 3.78. The van der Waals surface area contributed by atoms with Crippen LogP contribution >= 0.6 is 0 Å². The second kappa shape index (κ2) is 108. The van der Waals surface area contributed by atoms with Crippen molar-refractivity contribution in [1.82, 2.24) is 116 Å². The predicted octanol–water partition coefficient (Wildman–Crippen LogP) is 22.1. The zero-order valence-electron chi connectivity index (χ0n) is 71.3. The fraction of sp³-hybridized carbons (Fsp3) is 0.524. The Hall–Kier alpha value is -9.67. The molecule has 11 rings (SSSR count).